The number of hydrogen-bond donors (Lipinski definition) is 3. The van der Waals surface area contributed by atoms with Crippen LogP contribution in [0, 0.1) is 0 Å². The average molecular weight is 424 g/mol. The first kappa shape index (κ1) is 21.1. The maximum absolute atomic E-state index is 12.7. The van der Waals surface area contributed by atoms with Gasteiger partial charge in [-0.3, -0.25) is 14.9 Å². The predicted molar refractivity (Wildman–Crippen MR) is 105 cm³/mol. The first-order valence-electron chi connectivity index (χ1n) is 9.23. The predicted octanol–water partition coefficient (Wildman–Crippen LogP) is 0.416. The number of amides is 4. The van der Waals surface area contributed by atoms with Gasteiger partial charge in [0.15, 0.2) is 0 Å². The van der Waals surface area contributed by atoms with Crippen molar-refractivity contribution in [2.45, 2.75) is 38.3 Å². The Bertz CT molecular complexity index is 926. The van der Waals surface area contributed by atoms with Crippen LogP contribution in [0.15, 0.2) is 24.3 Å². The smallest absolute Gasteiger partial charge is 0.322 e. The summed E-state index contributed by atoms with van der Waals surface area (Å²) in [5.74, 6) is -0.734. The molecule has 2 aliphatic rings. The highest BCUT2D eigenvalue weighted by molar-refractivity contribution is 7.89. The Morgan fingerprint density at radius 3 is 2.59 bits per heavy atom. The lowest BCUT2D eigenvalue weighted by Gasteiger charge is -2.33. The van der Waals surface area contributed by atoms with E-state index in [1.807, 2.05) is 0 Å². The Hall–Kier alpha value is -2.66. The number of piperidine rings is 1. The van der Waals surface area contributed by atoms with Crippen LogP contribution in [0.1, 0.15) is 26.7 Å². The fourth-order valence-electron chi connectivity index (χ4n) is 3.41. The summed E-state index contributed by atoms with van der Waals surface area (Å²) < 4.78 is 32.7. The number of nitrogens with zero attached hydrogens (tertiary/aromatic N) is 1. The second kappa shape index (κ2) is 7.99. The zero-order valence-corrected chi connectivity index (χ0v) is 17.0. The number of ether oxygens (including phenoxy) is 1. The molecule has 158 valence electrons. The van der Waals surface area contributed by atoms with Crippen LogP contribution in [0.2, 0.25) is 0 Å². The molecule has 29 heavy (non-hydrogen) atoms. The van der Waals surface area contributed by atoms with Crippen molar-refractivity contribution in [2.24, 2.45) is 0 Å². The largest absolute Gasteiger partial charge is 0.490 e. The Morgan fingerprint density at radius 2 is 2.00 bits per heavy atom. The Kier molecular flexibility index (Phi) is 5.80. The van der Waals surface area contributed by atoms with E-state index in [-0.39, 0.29) is 25.1 Å². The van der Waals surface area contributed by atoms with Crippen LogP contribution in [0.4, 0.5) is 10.5 Å². The van der Waals surface area contributed by atoms with Gasteiger partial charge in [-0.1, -0.05) is 6.07 Å². The minimum Gasteiger partial charge on any atom is -0.490 e. The van der Waals surface area contributed by atoms with E-state index in [2.05, 4.69) is 16.0 Å². The summed E-state index contributed by atoms with van der Waals surface area (Å²) in [6.45, 7) is 3.32. The first-order chi connectivity index (χ1) is 13.6. The Labute approximate surface area is 169 Å². The Morgan fingerprint density at radius 1 is 1.31 bits per heavy atom. The van der Waals surface area contributed by atoms with Gasteiger partial charge in [0.2, 0.25) is 15.9 Å². The third-order valence-corrected chi connectivity index (χ3v) is 6.93. The fraction of sp³-hybridized carbons (Fsp3) is 0.500. The molecule has 11 heteroatoms. The van der Waals surface area contributed by atoms with Gasteiger partial charge in [0.25, 0.3) is 5.91 Å². The third-order valence-electron chi connectivity index (χ3n) is 4.84. The van der Waals surface area contributed by atoms with E-state index in [4.69, 9.17) is 4.74 Å². The zero-order chi connectivity index (χ0) is 21.2. The lowest BCUT2D eigenvalue weighted by Crippen LogP contribution is -2.53. The summed E-state index contributed by atoms with van der Waals surface area (Å²) in [6.07, 6.45) is 0.802. The van der Waals surface area contributed by atoms with E-state index >= 15 is 0 Å². The maximum atomic E-state index is 12.7. The summed E-state index contributed by atoms with van der Waals surface area (Å²) in [5, 5.41) is 7.13. The summed E-state index contributed by atoms with van der Waals surface area (Å²) >= 11 is 0. The Balaban J connectivity index is 1.57. The topological polar surface area (TPSA) is 134 Å². The maximum Gasteiger partial charge on any atom is 0.322 e. The second-order valence-electron chi connectivity index (χ2n) is 7.42. The molecule has 1 unspecified atom stereocenters. The molecule has 2 aliphatic heterocycles. The van der Waals surface area contributed by atoms with Crippen molar-refractivity contribution in [3.8, 4) is 5.75 Å². The fourth-order valence-corrected chi connectivity index (χ4v) is 5.29. The van der Waals surface area contributed by atoms with E-state index in [9.17, 15) is 22.8 Å². The molecule has 0 bridgehead atoms. The van der Waals surface area contributed by atoms with E-state index in [0.717, 1.165) is 0 Å². The van der Waals surface area contributed by atoms with Gasteiger partial charge in [-0.05, 0) is 31.9 Å². The molecule has 0 aromatic heterocycles. The van der Waals surface area contributed by atoms with Crippen molar-refractivity contribution in [1.82, 2.24) is 14.9 Å². The molecule has 1 atom stereocenters. The number of imide groups is 1. The van der Waals surface area contributed by atoms with Crippen LogP contribution in [0.25, 0.3) is 0 Å². The molecule has 3 N–H and O–H groups in total. The molecule has 0 aliphatic carbocycles. The van der Waals surface area contributed by atoms with Crippen LogP contribution in [0.5, 0.6) is 5.75 Å². The van der Waals surface area contributed by atoms with Crippen molar-refractivity contribution in [3.63, 3.8) is 0 Å². The molecule has 1 aromatic carbocycles. The molecule has 2 fully saturated rings. The van der Waals surface area contributed by atoms with Crippen LogP contribution in [-0.2, 0) is 19.6 Å². The van der Waals surface area contributed by atoms with Crippen LogP contribution < -0.4 is 20.7 Å². The lowest BCUT2D eigenvalue weighted by atomic mass is 10.1. The molecular formula is C18H24N4O6S. The second-order valence-corrected chi connectivity index (χ2v) is 9.39. The molecule has 4 amide bonds. The van der Waals surface area contributed by atoms with Crippen molar-refractivity contribution < 1.29 is 27.5 Å². The number of nitrogens with one attached hydrogen (secondary N) is 3. The minimum atomic E-state index is -3.74. The summed E-state index contributed by atoms with van der Waals surface area (Å²) in [7, 11) is -3.74. The minimum absolute atomic E-state index is 0.168. The van der Waals surface area contributed by atoms with E-state index in [1.54, 1.807) is 24.3 Å². The SMILES string of the molecule is CC(=O)Nc1cccc(OC2CCN(S(=O)(=O)CC3(C)NC(=O)NC3=O)CC2)c1. The van der Waals surface area contributed by atoms with Gasteiger partial charge < -0.3 is 15.4 Å². The quantitative estimate of drug-likeness (QED) is 0.567. The van der Waals surface area contributed by atoms with Crippen molar-refractivity contribution in [1.29, 1.82) is 0 Å². The third kappa shape index (κ3) is 5.04. The molecule has 0 radical (unpaired) electrons. The molecule has 2 saturated heterocycles. The lowest BCUT2D eigenvalue weighted by molar-refractivity contribution is -0.122. The number of carbonyl (C=O) groups is 3. The average Bonchev–Trinajstić information content (AvgIpc) is 2.86. The van der Waals surface area contributed by atoms with Crippen LogP contribution in [0.3, 0.4) is 0 Å². The molecular weight excluding hydrogens is 400 g/mol. The van der Waals surface area contributed by atoms with Gasteiger partial charge in [0.1, 0.15) is 17.4 Å². The van der Waals surface area contributed by atoms with E-state index < -0.39 is 33.3 Å². The zero-order valence-electron chi connectivity index (χ0n) is 16.2. The van der Waals surface area contributed by atoms with Crippen LogP contribution in [-0.4, -0.2) is 61.1 Å². The highest BCUT2D eigenvalue weighted by atomic mass is 32.2. The summed E-state index contributed by atoms with van der Waals surface area (Å²) in [4.78, 5) is 34.4. The number of carbonyl (C=O) groups excluding carboxylic acids is 3. The van der Waals surface area contributed by atoms with Crippen molar-refractivity contribution >= 4 is 33.6 Å². The normalized spacial score (nSPS) is 23.4. The van der Waals surface area contributed by atoms with Crippen LogP contribution >= 0.6 is 0 Å². The van der Waals surface area contributed by atoms with Gasteiger partial charge in [-0.2, -0.15) is 0 Å². The number of hydrogen-bond acceptors (Lipinski definition) is 6. The number of benzene rings is 1. The molecule has 0 spiro atoms. The van der Waals surface area contributed by atoms with Gasteiger partial charge in [0.05, 0.1) is 5.75 Å². The van der Waals surface area contributed by atoms with Gasteiger partial charge in [0, 0.05) is 31.8 Å². The summed E-state index contributed by atoms with van der Waals surface area (Å²) in [5.41, 5.74) is -0.854. The molecule has 0 saturated carbocycles. The molecule has 1 aromatic rings. The molecule has 3 rings (SSSR count). The number of anilines is 1. The summed E-state index contributed by atoms with van der Waals surface area (Å²) in [6, 6.07) is 6.31. The van der Waals surface area contributed by atoms with Crippen molar-refractivity contribution in [2.75, 3.05) is 24.2 Å². The first-order valence-corrected chi connectivity index (χ1v) is 10.8. The van der Waals surface area contributed by atoms with Gasteiger partial charge in [-0.25, -0.2) is 17.5 Å². The number of rotatable bonds is 6. The monoisotopic (exact) mass is 424 g/mol. The molecule has 2 heterocycles. The molecule has 10 nitrogen and oxygen atoms in total. The standard InChI is InChI=1S/C18H24N4O6S/c1-12(23)19-13-4-3-5-15(10-13)28-14-6-8-22(9-7-14)29(26,27)11-18(2)16(24)20-17(25)21-18/h3-5,10,14H,6-9,11H2,1-2H3,(H,19,23)(H2,20,21,24,25). The number of sulfonamides is 1. The van der Waals surface area contributed by atoms with E-state index in [1.165, 1.54) is 18.2 Å². The van der Waals surface area contributed by atoms with Gasteiger partial charge >= 0.3 is 6.03 Å². The highest BCUT2D eigenvalue weighted by Crippen LogP contribution is 2.24. The van der Waals surface area contributed by atoms with Crippen molar-refractivity contribution in [3.05, 3.63) is 24.3 Å². The highest BCUT2D eigenvalue weighted by Gasteiger charge is 2.46. The van der Waals surface area contributed by atoms with Gasteiger partial charge in [-0.15, -0.1) is 0 Å². The van der Waals surface area contributed by atoms with E-state index in [0.29, 0.717) is 24.3 Å². The number of urea groups is 1.